The molecule has 92 valence electrons. The second kappa shape index (κ2) is 5.64. The van der Waals surface area contributed by atoms with Crippen LogP contribution in [0.2, 0.25) is 0 Å². The molecule has 1 amide bonds. The highest BCUT2D eigenvalue weighted by Gasteiger charge is 2.27. The van der Waals surface area contributed by atoms with E-state index in [0.29, 0.717) is 13.2 Å². The first-order valence-electron chi connectivity index (χ1n) is 6.36. The number of rotatable bonds is 6. The molecule has 4 heteroatoms. The summed E-state index contributed by atoms with van der Waals surface area (Å²) in [4.78, 5) is 11.7. The minimum absolute atomic E-state index is 0.137. The van der Waals surface area contributed by atoms with E-state index < -0.39 is 0 Å². The van der Waals surface area contributed by atoms with Gasteiger partial charge >= 0.3 is 0 Å². The third-order valence-corrected chi connectivity index (χ3v) is 3.44. The molecule has 16 heavy (non-hydrogen) atoms. The summed E-state index contributed by atoms with van der Waals surface area (Å²) < 4.78 is 5.45. The van der Waals surface area contributed by atoms with Gasteiger partial charge < -0.3 is 15.8 Å². The third-order valence-electron chi connectivity index (χ3n) is 3.44. The molecular formula is C12H22N2O2. The van der Waals surface area contributed by atoms with Crippen LogP contribution in [-0.2, 0) is 9.53 Å². The number of hydrogen-bond donors (Lipinski definition) is 2. The Bertz CT molecular complexity index is 241. The van der Waals surface area contributed by atoms with E-state index in [4.69, 9.17) is 10.5 Å². The number of nitrogens with one attached hydrogen (secondary N) is 1. The van der Waals surface area contributed by atoms with Crippen molar-refractivity contribution in [1.82, 2.24) is 5.32 Å². The summed E-state index contributed by atoms with van der Waals surface area (Å²) in [6, 6.07) is 0.224. The Hall–Kier alpha value is -0.610. The molecule has 3 N–H and O–H groups in total. The Morgan fingerprint density at radius 1 is 1.31 bits per heavy atom. The lowest BCUT2D eigenvalue weighted by Gasteiger charge is -2.10. The summed E-state index contributed by atoms with van der Waals surface area (Å²) >= 11 is 0. The zero-order valence-corrected chi connectivity index (χ0v) is 9.78. The SMILES string of the molecule is NC1CCC(C(=O)NCCOCC2CC2)C1. The zero-order chi connectivity index (χ0) is 11.4. The van der Waals surface area contributed by atoms with Crippen LogP contribution in [0.3, 0.4) is 0 Å². The second-order valence-corrected chi connectivity index (χ2v) is 5.08. The maximum atomic E-state index is 11.7. The maximum absolute atomic E-state index is 11.7. The first-order chi connectivity index (χ1) is 7.75. The van der Waals surface area contributed by atoms with Gasteiger partial charge in [0.1, 0.15) is 0 Å². The molecule has 0 aromatic rings. The molecule has 2 aliphatic carbocycles. The molecule has 2 unspecified atom stereocenters. The molecule has 2 fully saturated rings. The maximum Gasteiger partial charge on any atom is 0.223 e. The molecule has 0 aromatic carbocycles. The molecule has 0 saturated heterocycles. The minimum atomic E-state index is 0.137. The van der Waals surface area contributed by atoms with Crippen LogP contribution >= 0.6 is 0 Å². The van der Waals surface area contributed by atoms with E-state index in [0.717, 1.165) is 31.8 Å². The molecule has 0 heterocycles. The van der Waals surface area contributed by atoms with Gasteiger partial charge in [0.15, 0.2) is 0 Å². The van der Waals surface area contributed by atoms with Crippen LogP contribution in [0.15, 0.2) is 0 Å². The fraction of sp³-hybridized carbons (Fsp3) is 0.917. The number of ether oxygens (including phenoxy) is 1. The van der Waals surface area contributed by atoms with E-state index in [-0.39, 0.29) is 17.9 Å². The van der Waals surface area contributed by atoms with Gasteiger partial charge in [-0.3, -0.25) is 4.79 Å². The number of nitrogens with two attached hydrogens (primary N) is 1. The molecule has 2 atom stereocenters. The van der Waals surface area contributed by atoms with E-state index in [1.54, 1.807) is 0 Å². The zero-order valence-electron chi connectivity index (χ0n) is 9.78. The summed E-state index contributed by atoms with van der Waals surface area (Å²) in [7, 11) is 0. The van der Waals surface area contributed by atoms with Crippen molar-refractivity contribution in [2.75, 3.05) is 19.8 Å². The number of hydrogen-bond acceptors (Lipinski definition) is 3. The molecule has 0 bridgehead atoms. The Balaban J connectivity index is 1.49. The van der Waals surface area contributed by atoms with Crippen LogP contribution in [0.5, 0.6) is 0 Å². The van der Waals surface area contributed by atoms with Gasteiger partial charge in [0, 0.05) is 25.1 Å². The summed E-state index contributed by atoms with van der Waals surface area (Å²) in [5, 5.41) is 2.92. The molecule has 2 saturated carbocycles. The molecule has 0 radical (unpaired) electrons. The summed E-state index contributed by atoms with van der Waals surface area (Å²) in [5.74, 6) is 1.09. The van der Waals surface area contributed by atoms with Crippen molar-refractivity contribution in [3.05, 3.63) is 0 Å². The van der Waals surface area contributed by atoms with E-state index in [1.807, 2.05) is 0 Å². The predicted octanol–water partition coefficient (Wildman–Crippen LogP) is 0.657. The molecule has 0 spiro atoms. The summed E-state index contributed by atoms with van der Waals surface area (Å²) in [5.41, 5.74) is 5.77. The van der Waals surface area contributed by atoms with Gasteiger partial charge in [0.05, 0.1) is 6.61 Å². The van der Waals surface area contributed by atoms with Gasteiger partial charge in [-0.25, -0.2) is 0 Å². The van der Waals surface area contributed by atoms with Crippen molar-refractivity contribution in [2.45, 2.75) is 38.1 Å². The lowest BCUT2D eigenvalue weighted by Crippen LogP contribution is -2.33. The number of amides is 1. The molecular weight excluding hydrogens is 204 g/mol. The number of carbonyl (C=O) groups excluding carboxylic acids is 1. The van der Waals surface area contributed by atoms with Crippen molar-refractivity contribution >= 4 is 5.91 Å². The van der Waals surface area contributed by atoms with Gasteiger partial charge in [0.2, 0.25) is 5.91 Å². The molecule has 0 aliphatic heterocycles. The quantitative estimate of drug-likeness (QED) is 0.654. The Kier molecular flexibility index (Phi) is 4.18. The van der Waals surface area contributed by atoms with Crippen LogP contribution in [0.4, 0.5) is 0 Å². The Morgan fingerprint density at radius 3 is 2.75 bits per heavy atom. The van der Waals surface area contributed by atoms with Crippen LogP contribution in [0.1, 0.15) is 32.1 Å². The van der Waals surface area contributed by atoms with Crippen molar-refractivity contribution in [3.8, 4) is 0 Å². The highest BCUT2D eigenvalue weighted by molar-refractivity contribution is 5.78. The van der Waals surface area contributed by atoms with E-state index in [9.17, 15) is 4.79 Å². The highest BCUT2D eigenvalue weighted by atomic mass is 16.5. The third kappa shape index (κ3) is 3.76. The van der Waals surface area contributed by atoms with Gasteiger partial charge in [-0.15, -0.1) is 0 Å². The van der Waals surface area contributed by atoms with Crippen LogP contribution < -0.4 is 11.1 Å². The average Bonchev–Trinajstić information content (AvgIpc) is 2.99. The standard InChI is InChI=1S/C12H22N2O2/c13-11-4-3-10(7-11)12(15)14-5-6-16-8-9-1-2-9/h9-11H,1-8,13H2,(H,14,15). The smallest absolute Gasteiger partial charge is 0.223 e. The molecule has 2 rings (SSSR count). The highest BCUT2D eigenvalue weighted by Crippen LogP contribution is 2.28. The van der Waals surface area contributed by atoms with Crippen molar-refractivity contribution < 1.29 is 9.53 Å². The predicted molar refractivity (Wildman–Crippen MR) is 61.9 cm³/mol. The largest absolute Gasteiger partial charge is 0.379 e. The minimum Gasteiger partial charge on any atom is -0.379 e. The average molecular weight is 226 g/mol. The first kappa shape index (κ1) is 11.9. The summed E-state index contributed by atoms with van der Waals surface area (Å²) in [6.45, 7) is 2.14. The fourth-order valence-corrected chi connectivity index (χ4v) is 2.18. The van der Waals surface area contributed by atoms with Crippen LogP contribution in [0.25, 0.3) is 0 Å². The Morgan fingerprint density at radius 2 is 2.12 bits per heavy atom. The number of carbonyl (C=O) groups is 1. The van der Waals surface area contributed by atoms with Gasteiger partial charge in [-0.2, -0.15) is 0 Å². The lowest BCUT2D eigenvalue weighted by molar-refractivity contribution is -0.125. The normalized spacial score (nSPS) is 29.3. The fourth-order valence-electron chi connectivity index (χ4n) is 2.18. The van der Waals surface area contributed by atoms with Crippen LogP contribution in [-0.4, -0.2) is 31.7 Å². The second-order valence-electron chi connectivity index (χ2n) is 5.08. The van der Waals surface area contributed by atoms with E-state index in [1.165, 1.54) is 12.8 Å². The molecule has 4 nitrogen and oxygen atoms in total. The monoisotopic (exact) mass is 226 g/mol. The van der Waals surface area contributed by atoms with Crippen LogP contribution in [0, 0.1) is 11.8 Å². The van der Waals surface area contributed by atoms with Crippen molar-refractivity contribution in [2.24, 2.45) is 17.6 Å². The molecule has 0 aromatic heterocycles. The topological polar surface area (TPSA) is 64.4 Å². The van der Waals surface area contributed by atoms with Gasteiger partial charge in [0.25, 0.3) is 0 Å². The molecule has 2 aliphatic rings. The van der Waals surface area contributed by atoms with Gasteiger partial charge in [-0.1, -0.05) is 0 Å². The lowest BCUT2D eigenvalue weighted by atomic mass is 10.1. The van der Waals surface area contributed by atoms with Gasteiger partial charge in [-0.05, 0) is 38.0 Å². The Labute approximate surface area is 96.9 Å². The summed E-state index contributed by atoms with van der Waals surface area (Å²) in [6.07, 6.45) is 5.39. The van der Waals surface area contributed by atoms with E-state index >= 15 is 0 Å². The first-order valence-corrected chi connectivity index (χ1v) is 6.36. The van der Waals surface area contributed by atoms with E-state index in [2.05, 4.69) is 5.32 Å². The van der Waals surface area contributed by atoms with Crippen molar-refractivity contribution in [3.63, 3.8) is 0 Å². The van der Waals surface area contributed by atoms with Crippen molar-refractivity contribution in [1.29, 1.82) is 0 Å².